The predicted octanol–water partition coefficient (Wildman–Crippen LogP) is 4.26. The zero-order chi connectivity index (χ0) is 21.5. The molecule has 162 valence electrons. The van der Waals surface area contributed by atoms with Crippen LogP contribution in [0.15, 0.2) is 30.3 Å². The maximum absolute atomic E-state index is 13.2. The molecule has 2 fully saturated rings. The van der Waals surface area contributed by atoms with E-state index in [1.54, 1.807) is 18.2 Å². The number of rotatable bonds is 4. The fraction of sp³-hybridized carbons (Fsp3) is 0.545. The Morgan fingerprint density at radius 3 is 2.67 bits per heavy atom. The second-order valence-corrected chi connectivity index (χ2v) is 8.37. The molecular weight excluding hydrogens is 395 g/mol. The second-order valence-electron chi connectivity index (χ2n) is 8.37. The number of hydrogen-bond acceptors (Lipinski definition) is 4. The Morgan fingerprint density at radius 1 is 1.17 bits per heavy atom. The average Bonchev–Trinajstić information content (AvgIpc) is 3.36. The van der Waals surface area contributed by atoms with Crippen LogP contribution in [0, 0.1) is 0 Å². The van der Waals surface area contributed by atoms with Gasteiger partial charge in [-0.1, -0.05) is 6.07 Å². The Labute approximate surface area is 173 Å². The molecule has 3 heterocycles. The number of benzene rings is 1. The van der Waals surface area contributed by atoms with Crippen molar-refractivity contribution in [2.24, 2.45) is 0 Å². The summed E-state index contributed by atoms with van der Waals surface area (Å²) in [5, 5.41) is 0.788. The summed E-state index contributed by atoms with van der Waals surface area (Å²) in [5.41, 5.74) is 0.599. The number of carbonyl (C=O) groups excluding carboxylic acids is 1. The van der Waals surface area contributed by atoms with Gasteiger partial charge in [0.25, 0.3) is 5.91 Å². The summed E-state index contributed by atoms with van der Waals surface area (Å²) in [6, 6.07) is 7.39. The summed E-state index contributed by atoms with van der Waals surface area (Å²) >= 11 is 0. The summed E-state index contributed by atoms with van der Waals surface area (Å²) in [6.45, 7) is 6.34. The second kappa shape index (κ2) is 8.06. The highest BCUT2D eigenvalue weighted by atomic mass is 19.4. The van der Waals surface area contributed by atoms with E-state index in [1.807, 2.05) is 6.07 Å². The number of ether oxygens (including phenoxy) is 1. The molecule has 0 radical (unpaired) electrons. The lowest BCUT2D eigenvalue weighted by Crippen LogP contribution is -2.44. The van der Waals surface area contributed by atoms with Crippen LogP contribution in [0.3, 0.4) is 0 Å². The van der Waals surface area contributed by atoms with Crippen molar-refractivity contribution in [3.63, 3.8) is 0 Å². The zero-order valence-corrected chi connectivity index (χ0v) is 17.2. The van der Waals surface area contributed by atoms with Crippen molar-refractivity contribution >= 4 is 16.8 Å². The van der Waals surface area contributed by atoms with Crippen molar-refractivity contribution in [3.05, 3.63) is 36.0 Å². The molecule has 1 aromatic heterocycles. The molecule has 30 heavy (non-hydrogen) atoms. The Balaban J connectivity index is 1.49. The Hall–Kier alpha value is -2.35. The van der Waals surface area contributed by atoms with Crippen LogP contribution in [0.1, 0.15) is 43.6 Å². The van der Waals surface area contributed by atoms with Crippen LogP contribution < -0.4 is 4.74 Å². The van der Waals surface area contributed by atoms with Crippen LogP contribution in [0.2, 0.25) is 0 Å². The van der Waals surface area contributed by atoms with Crippen molar-refractivity contribution in [2.75, 3.05) is 19.6 Å². The number of nitrogens with zero attached hydrogens (tertiary/aromatic N) is 3. The van der Waals surface area contributed by atoms with Gasteiger partial charge < -0.3 is 9.64 Å². The van der Waals surface area contributed by atoms with Gasteiger partial charge in [0.2, 0.25) is 0 Å². The third-order valence-corrected chi connectivity index (χ3v) is 5.98. The maximum Gasteiger partial charge on any atom is 0.408 e. The third kappa shape index (κ3) is 4.24. The topological polar surface area (TPSA) is 45.7 Å². The largest absolute Gasteiger partial charge is 0.489 e. The van der Waals surface area contributed by atoms with Crippen LogP contribution in [-0.4, -0.2) is 64.7 Å². The number of hydrogen-bond donors (Lipinski definition) is 0. The summed E-state index contributed by atoms with van der Waals surface area (Å²) in [6.07, 6.45) is -3.02. The first kappa shape index (κ1) is 20.9. The third-order valence-electron chi connectivity index (χ3n) is 5.98. The fourth-order valence-electron chi connectivity index (χ4n) is 4.30. The van der Waals surface area contributed by atoms with E-state index in [4.69, 9.17) is 4.74 Å². The van der Waals surface area contributed by atoms with Crippen molar-refractivity contribution in [3.8, 4) is 5.75 Å². The van der Waals surface area contributed by atoms with Gasteiger partial charge in [-0.15, -0.1) is 0 Å². The molecule has 0 saturated carbocycles. The number of fused-ring (bicyclic) bond motifs is 1. The Morgan fingerprint density at radius 2 is 1.97 bits per heavy atom. The normalized spacial score (nSPS) is 22.9. The van der Waals surface area contributed by atoms with Gasteiger partial charge in [-0.05, 0) is 57.4 Å². The minimum atomic E-state index is -4.42. The van der Waals surface area contributed by atoms with E-state index in [0.29, 0.717) is 18.0 Å². The number of likely N-dealkylation sites (tertiary alicyclic amines) is 2. The molecule has 2 aliphatic rings. The summed E-state index contributed by atoms with van der Waals surface area (Å²) in [4.78, 5) is 20.3. The highest BCUT2D eigenvalue weighted by molar-refractivity contribution is 5.95. The van der Waals surface area contributed by atoms with Crippen molar-refractivity contribution in [2.45, 2.75) is 57.5 Å². The number of pyridine rings is 1. The number of alkyl halides is 3. The molecule has 0 spiro atoms. The van der Waals surface area contributed by atoms with Gasteiger partial charge in [0.15, 0.2) is 0 Å². The maximum atomic E-state index is 13.2. The van der Waals surface area contributed by atoms with E-state index in [1.165, 1.54) is 6.07 Å². The molecule has 0 bridgehead atoms. The van der Waals surface area contributed by atoms with E-state index in [2.05, 4.69) is 23.7 Å². The molecule has 8 heteroatoms. The predicted molar refractivity (Wildman–Crippen MR) is 108 cm³/mol. The van der Waals surface area contributed by atoms with Gasteiger partial charge in [0.05, 0.1) is 5.52 Å². The minimum Gasteiger partial charge on any atom is -0.489 e. The van der Waals surface area contributed by atoms with Gasteiger partial charge in [-0.25, -0.2) is 4.98 Å². The lowest BCUT2D eigenvalue weighted by atomic mass is 10.1. The van der Waals surface area contributed by atoms with Crippen LogP contribution in [0.5, 0.6) is 5.75 Å². The summed E-state index contributed by atoms with van der Waals surface area (Å²) < 4.78 is 45.7. The molecule has 2 aliphatic heterocycles. The average molecular weight is 421 g/mol. The quantitative estimate of drug-likeness (QED) is 0.740. The molecule has 4 rings (SSSR count). The van der Waals surface area contributed by atoms with Crippen LogP contribution in [0.25, 0.3) is 10.9 Å². The van der Waals surface area contributed by atoms with Gasteiger partial charge in [-0.2, -0.15) is 13.2 Å². The van der Waals surface area contributed by atoms with Gasteiger partial charge >= 0.3 is 6.18 Å². The van der Waals surface area contributed by atoms with Gasteiger partial charge in [0, 0.05) is 31.1 Å². The van der Waals surface area contributed by atoms with Crippen molar-refractivity contribution < 1.29 is 22.7 Å². The molecule has 1 aromatic carbocycles. The highest BCUT2D eigenvalue weighted by Crippen LogP contribution is 2.33. The summed E-state index contributed by atoms with van der Waals surface area (Å²) in [5.74, 6) is 0.0624. The van der Waals surface area contributed by atoms with E-state index in [-0.39, 0.29) is 24.8 Å². The van der Waals surface area contributed by atoms with E-state index in [0.717, 1.165) is 35.5 Å². The molecule has 2 saturated heterocycles. The number of halogens is 3. The SMILES string of the molecule is CC(C)N1CCC(Oc2ccc3nc(C(=O)N4CCCC4C(F)(F)F)ccc3c2)C1. The van der Waals surface area contributed by atoms with Crippen molar-refractivity contribution in [1.82, 2.24) is 14.8 Å². The molecule has 0 aliphatic carbocycles. The van der Waals surface area contributed by atoms with Gasteiger partial charge in [-0.3, -0.25) is 9.69 Å². The molecule has 2 aromatic rings. The molecular formula is C22H26F3N3O2. The molecule has 0 N–H and O–H groups in total. The van der Waals surface area contributed by atoms with Crippen molar-refractivity contribution in [1.29, 1.82) is 0 Å². The molecule has 2 atom stereocenters. The Kier molecular flexibility index (Phi) is 5.61. The molecule has 1 amide bonds. The van der Waals surface area contributed by atoms with Crippen LogP contribution in [0.4, 0.5) is 13.2 Å². The standard InChI is InChI=1S/C22H26F3N3O2/c1-14(2)27-11-9-17(13-27)30-16-6-8-18-15(12-16)5-7-19(26-18)21(29)28-10-3-4-20(28)22(23,24)25/h5-8,12,14,17,20H,3-4,9-11,13H2,1-2H3. The smallest absolute Gasteiger partial charge is 0.408 e. The first-order chi connectivity index (χ1) is 14.2. The van der Waals surface area contributed by atoms with Gasteiger partial charge in [0.1, 0.15) is 23.6 Å². The first-order valence-corrected chi connectivity index (χ1v) is 10.4. The molecule has 5 nitrogen and oxygen atoms in total. The van der Waals surface area contributed by atoms with Crippen LogP contribution >= 0.6 is 0 Å². The number of carbonyl (C=O) groups is 1. The minimum absolute atomic E-state index is 0.0377. The fourth-order valence-corrected chi connectivity index (χ4v) is 4.30. The number of amides is 1. The van der Waals surface area contributed by atoms with Crippen LogP contribution in [-0.2, 0) is 0 Å². The Bertz CT molecular complexity index is 931. The molecule has 2 unspecified atom stereocenters. The highest BCUT2D eigenvalue weighted by Gasteiger charge is 2.48. The zero-order valence-electron chi connectivity index (χ0n) is 17.2. The monoisotopic (exact) mass is 421 g/mol. The first-order valence-electron chi connectivity index (χ1n) is 10.4. The number of aromatic nitrogens is 1. The van der Waals surface area contributed by atoms with E-state index < -0.39 is 18.1 Å². The lowest BCUT2D eigenvalue weighted by Gasteiger charge is -2.26. The summed E-state index contributed by atoms with van der Waals surface area (Å²) in [7, 11) is 0. The van der Waals surface area contributed by atoms with E-state index in [9.17, 15) is 18.0 Å². The van der Waals surface area contributed by atoms with E-state index >= 15 is 0 Å². The lowest BCUT2D eigenvalue weighted by molar-refractivity contribution is -0.169.